The molecule has 4 rings (SSSR count). The van der Waals surface area contributed by atoms with Gasteiger partial charge in [-0.1, -0.05) is 50.1 Å². The van der Waals surface area contributed by atoms with E-state index in [4.69, 9.17) is 0 Å². The normalized spacial score (nSPS) is 26.0. The predicted molar refractivity (Wildman–Crippen MR) is 97.0 cm³/mol. The van der Waals surface area contributed by atoms with Gasteiger partial charge in [0, 0.05) is 0 Å². The van der Waals surface area contributed by atoms with Crippen LogP contribution in [-0.2, 0) is 6.42 Å². The lowest BCUT2D eigenvalue weighted by molar-refractivity contribution is 0.285. The first-order valence-corrected chi connectivity index (χ1v) is 9.07. The van der Waals surface area contributed by atoms with Gasteiger partial charge in [0.05, 0.1) is 0 Å². The van der Waals surface area contributed by atoms with Gasteiger partial charge in [-0.15, -0.1) is 0 Å². The molecule has 0 radical (unpaired) electrons. The summed E-state index contributed by atoms with van der Waals surface area (Å²) in [5.41, 5.74) is 5.16. The van der Waals surface area contributed by atoms with Crippen LogP contribution < -0.4 is 0 Å². The SMILES string of the molecule is CCCCC1=CCC2c3ccc4cc(O)ccc4c3CCC12C. The summed E-state index contributed by atoms with van der Waals surface area (Å²) in [6.45, 7) is 4.78. The minimum absolute atomic E-state index is 0.363. The summed E-state index contributed by atoms with van der Waals surface area (Å²) < 4.78 is 0. The second kappa shape index (κ2) is 5.40. The Morgan fingerprint density at radius 2 is 2.09 bits per heavy atom. The Hall–Kier alpha value is -1.76. The molecule has 0 amide bonds. The molecule has 0 heterocycles. The van der Waals surface area contributed by atoms with E-state index >= 15 is 0 Å². The molecule has 0 saturated carbocycles. The van der Waals surface area contributed by atoms with Gasteiger partial charge < -0.3 is 5.11 Å². The molecule has 0 bridgehead atoms. The second-order valence-electron chi connectivity index (χ2n) is 7.58. The van der Waals surface area contributed by atoms with Crippen LogP contribution >= 0.6 is 0 Å². The van der Waals surface area contributed by atoms with Crippen LogP contribution in [-0.4, -0.2) is 5.11 Å². The summed E-state index contributed by atoms with van der Waals surface area (Å²) >= 11 is 0. The maximum atomic E-state index is 9.73. The minimum Gasteiger partial charge on any atom is -0.508 e. The number of phenols is 1. The molecule has 0 fully saturated rings. The number of rotatable bonds is 3. The van der Waals surface area contributed by atoms with Crippen molar-refractivity contribution >= 4 is 10.8 Å². The van der Waals surface area contributed by atoms with Crippen LogP contribution in [0.1, 0.15) is 63.0 Å². The highest BCUT2D eigenvalue weighted by Gasteiger charge is 2.44. The number of phenolic OH excluding ortho intramolecular Hbond substituents is 1. The summed E-state index contributed by atoms with van der Waals surface area (Å²) in [6, 6.07) is 10.4. The molecule has 0 saturated heterocycles. The fraction of sp³-hybridized carbons (Fsp3) is 0.455. The van der Waals surface area contributed by atoms with E-state index in [0.717, 1.165) is 6.42 Å². The Bertz CT molecular complexity index is 786. The molecule has 0 aromatic heterocycles. The van der Waals surface area contributed by atoms with Crippen molar-refractivity contribution in [1.82, 2.24) is 0 Å². The molecule has 2 aliphatic rings. The van der Waals surface area contributed by atoms with Gasteiger partial charge >= 0.3 is 0 Å². The highest BCUT2D eigenvalue weighted by Crippen LogP contribution is 2.57. The van der Waals surface area contributed by atoms with Crippen molar-refractivity contribution < 1.29 is 5.11 Å². The fourth-order valence-corrected chi connectivity index (χ4v) is 4.93. The van der Waals surface area contributed by atoms with Crippen LogP contribution in [0.25, 0.3) is 10.8 Å². The minimum atomic E-state index is 0.363. The monoisotopic (exact) mass is 306 g/mol. The molecule has 2 atom stereocenters. The number of fused-ring (bicyclic) bond motifs is 5. The zero-order valence-electron chi connectivity index (χ0n) is 14.2. The summed E-state index contributed by atoms with van der Waals surface area (Å²) in [5, 5.41) is 12.2. The van der Waals surface area contributed by atoms with E-state index in [2.05, 4.69) is 38.1 Å². The molecule has 1 N–H and O–H groups in total. The Balaban J connectivity index is 1.76. The molecule has 1 nitrogen and oxygen atoms in total. The van der Waals surface area contributed by atoms with Crippen LogP contribution in [0, 0.1) is 5.41 Å². The van der Waals surface area contributed by atoms with Crippen molar-refractivity contribution in [3.05, 3.63) is 53.1 Å². The Morgan fingerprint density at radius 1 is 1.22 bits per heavy atom. The van der Waals surface area contributed by atoms with Crippen molar-refractivity contribution in [1.29, 1.82) is 0 Å². The van der Waals surface area contributed by atoms with Crippen LogP contribution in [0.5, 0.6) is 5.75 Å². The van der Waals surface area contributed by atoms with E-state index in [1.165, 1.54) is 48.4 Å². The lowest BCUT2D eigenvalue weighted by atomic mass is 9.63. The average molecular weight is 306 g/mol. The molecule has 1 heteroatoms. The zero-order valence-corrected chi connectivity index (χ0v) is 14.2. The standard InChI is InChI=1S/C22H26O/c1-3-4-5-16-7-11-21-20-9-6-15-14-17(23)8-10-18(15)19(20)12-13-22(16,21)2/h6-10,14,21,23H,3-5,11-13H2,1-2H3. The van der Waals surface area contributed by atoms with E-state index in [9.17, 15) is 5.11 Å². The van der Waals surface area contributed by atoms with Gasteiger partial charge in [0.15, 0.2) is 0 Å². The topological polar surface area (TPSA) is 20.2 Å². The molecule has 120 valence electrons. The maximum absolute atomic E-state index is 9.73. The summed E-state index contributed by atoms with van der Waals surface area (Å²) in [5.74, 6) is 1.01. The largest absolute Gasteiger partial charge is 0.508 e. The van der Waals surface area contributed by atoms with Crippen LogP contribution in [0.3, 0.4) is 0 Å². The number of aromatic hydroxyl groups is 1. The number of hydrogen-bond acceptors (Lipinski definition) is 1. The molecular weight excluding hydrogens is 280 g/mol. The zero-order chi connectivity index (χ0) is 16.0. The number of aryl methyl sites for hydroxylation is 1. The van der Waals surface area contributed by atoms with Crippen LogP contribution in [0.15, 0.2) is 42.0 Å². The Kier molecular flexibility index (Phi) is 3.48. The predicted octanol–water partition coefficient (Wildman–Crippen LogP) is 6.10. The van der Waals surface area contributed by atoms with E-state index in [1.54, 1.807) is 11.1 Å². The molecule has 2 unspecified atom stereocenters. The lowest BCUT2D eigenvalue weighted by Crippen LogP contribution is -2.29. The van der Waals surface area contributed by atoms with Crippen molar-refractivity contribution in [2.24, 2.45) is 5.41 Å². The highest BCUT2D eigenvalue weighted by atomic mass is 16.3. The Morgan fingerprint density at radius 3 is 2.91 bits per heavy atom. The lowest BCUT2D eigenvalue weighted by Gasteiger charge is -2.41. The van der Waals surface area contributed by atoms with Crippen molar-refractivity contribution in [3.63, 3.8) is 0 Å². The van der Waals surface area contributed by atoms with E-state index < -0.39 is 0 Å². The summed E-state index contributed by atoms with van der Waals surface area (Å²) in [6.07, 6.45) is 10.0. The number of allylic oxidation sites excluding steroid dienone is 2. The molecule has 0 spiro atoms. The summed E-state index contributed by atoms with van der Waals surface area (Å²) in [7, 11) is 0. The van der Waals surface area contributed by atoms with Gasteiger partial charge in [-0.05, 0) is 77.5 Å². The molecule has 23 heavy (non-hydrogen) atoms. The van der Waals surface area contributed by atoms with Gasteiger partial charge in [-0.3, -0.25) is 0 Å². The van der Waals surface area contributed by atoms with Crippen LogP contribution in [0.4, 0.5) is 0 Å². The molecule has 2 aliphatic carbocycles. The quantitative estimate of drug-likeness (QED) is 0.679. The highest BCUT2D eigenvalue weighted by molar-refractivity contribution is 5.88. The van der Waals surface area contributed by atoms with Crippen molar-refractivity contribution in [2.75, 3.05) is 0 Å². The number of unbranched alkanes of at least 4 members (excludes halogenated alkanes) is 1. The first kappa shape index (κ1) is 14.8. The third-order valence-electron chi connectivity index (χ3n) is 6.32. The Labute approximate surface area is 139 Å². The third kappa shape index (κ3) is 2.21. The van der Waals surface area contributed by atoms with Gasteiger partial charge in [0.1, 0.15) is 5.75 Å². The molecule has 2 aromatic carbocycles. The van der Waals surface area contributed by atoms with Gasteiger partial charge in [0.25, 0.3) is 0 Å². The van der Waals surface area contributed by atoms with Gasteiger partial charge in [0.2, 0.25) is 0 Å². The van der Waals surface area contributed by atoms with Gasteiger partial charge in [-0.2, -0.15) is 0 Å². The van der Waals surface area contributed by atoms with Gasteiger partial charge in [-0.25, -0.2) is 0 Å². The van der Waals surface area contributed by atoms with Crippen molar-refractivity contribution in [3.8, 4) is 5.75 Å². The first-order chi connectivity index (χ1) is 11.1. The molecule has 2 aromatic rings. The van der Waals surface area contributed by atoms with E-state index in [1.807, 2.05) is 12.1 Å². The third-order valence-corrected chi connectivity index (χ3v) is 6.32. The maximum Gasteiger partial charge on any atom is 0.116 e. The van der Waals surface area contributed by atoms with E-state index in [-0.39, 0.29) is 0 Å². The number of hydrogen-bond donors (Lipinski definition) is 1. The second-order valence-corrected chi connectivity index (χ2v) is 7.58. The molecule has 0 aliphatic heterocycles. The summed E-state index contributed by atoms with van der Waals surface area (Å²) in [4.78, 5) is 0. The average Bonchev–Trinajstić information content (AvgIpc) is 2.89. The smallest absolute Gasteiger partial charge is 0.116 e. The van der Waals surface area contributed by atoms with Crippen molar-refractivity contribution in [2.45, 2.75) is 58.3 Å². The number of benzene rings is 2. The first-order valence-electron chi connectivity index (χ1n) is 9.07. The van der Waals surface area contributed by atoms with E-state index in [0.29, 0.717) is 17.1 Å². The molecular formula is C22H26O. The fourth-order valence-electron chi connectivity index (χ4n) is 4.93. The van der Waals surface area contributed by atoms with Crippen LogP contribution in [0.2, 0.25) is 0 Å².